The fourth-order valence-electron chi connectivity index (χ4n) is 4.94. The molecule has 0 unspecified atom stereocenters. The lowest BCUT2D eigenvalue weighted by Crippen LogP contribution is -2.47. The van der Waals surface area contributed by atoms with Gasteiger partial charge >= 0.3 is 24.1 Å². The zero-order valence-electron chi connectivity index (χ0n) is 28.5. The van der Waals surface area contributed by atoms with Crippen LogP contribution in [0.5, 0.6) is 0 Å². The lowest BCUT2D eigenvalue weighted by molar-refractivity contribution is -0.160. The number of nitriles is 1. The molecule has 0 saturated carbocycles. The van der Waals surface area contributed by atoms with Gasteiger partial charge in [-0.2, -0.15) is 10.4 Å². The van der Waals surface area contributed by atoms with E-state index in [4.69, 9.17) is 34.1 Å². The van der Waals surface area contributed by atoms with Crippen LogP contribution in [0.1, 0.15) is 36.5 Å². The number of carboxylic acid groups (broad SMARTS) is 1. The molecular weight excluding hydrogens is 741 g/mol. The lowest BCUT2D eigenvalue weighted by atomic mass is 9.89. The molecule has 1 aliphatic heterocycles. The second kappa shape index (κ2) is 19.9. The first kappa shape index (κ1) is 41.1. The van der Waals surface area contributed by atoms with Gasteiger partial charge in [0.2, 0.25) is 6.79 Å². The van der Waals surface area contributed by atoms with Gasteiger partial charge in [0.15, 0.2) is 18.5 Å². The van der Waals surface area contributed by atoms with Gasteiger partial charge in [-0.3, -0.25) is 9.59 Å². The van der Waals surface area contributed by atoms with Crippen LogP contribution in [-0.2, 0) is 55.0 Å². The number of benzene rings is 2. The van der Waals surface area contributed by atoms with E-state index in [0.29, 0.717) is 6.07 Å². The van der Waals surface area contributed by atoms with Crippen LogP contribution in [0.15, 0.2) is 67.3 Å². The van der Waals surface area contributed by atoms with E-state index in [1.807, 2.05) is 6.07 Å². The number of hydrogen-bond donors (Lipinski definition) is 1. The van der Waals surface area contributed by atoms with Gasteiger partial charge in [-0.25, -0.2) is 32.4 Å². The highest BCUT2D eigenvalue weighted by Crippen LogP contribution is 2.42. The highest BCUT2D eigenvalue weighted by molar-refractivity contribution is 8.00. The third-order valence-electron chi connectivity index (χ3n) is 7.53. The Kier molecular flexibility index (Phi) is 15.2. The molecule has 15 nitrogen and oxygen atoms in total. The van der Waals surface area contributed by atoms with Crippen molar-refractivity contribution in [1.82, 2.24) is 14.8 Å². The van der Waals surface area contributed by atoms with Crippen LogP contribution in [-0.4, -0.2) is 87.3 Å². The van der Waals surface area contributed by atoms with E-state index in [1.54, 1.807) is 25.2 Å². The van der Waals surface area contributed by atoms with Crippen molar-refractivity contribution in [2.45, 2.75) is 48.7 Å². The first-order chi connectivity index (χ1) is 25.9. The minimum Gasteiger partial charge on any atom is -0.479 e. The molecule has 1 N–H and O–H groups in total. The van der Waals surface area contributed by atoms with Crippen molar-refractivity contribution in [2.75, 3.05) is 26.6 Å². The Hall–Kier alpha value is -5.71. The number of rotatable bonds is 17. The Morgan fingerprint density at radius 2 is 1.80 bits per heavy atom. The molecule has 2 heterocycles. The van der Waals surface area contributed by atoms with Crippen molar-refractivity contribution in [3.63, 3.8) is 0 Å². The topological polar surface area (TPSA) is 198 Å². The minimum atomic E-state index is -1.95. The van der Waals surface area contributed by atoms with Crippen LogP contribution in [0.25, 0.3) is 6.08 Å². The van der Waals surface area contributed by atoms with E-state index in [0.717, 1.165) is 18.2 Å². The number of carbonyl (C=O) groups is 4. The molecule has 54 heavy (non-hydrogen) atoms. The summed E-state index contributed by atoms with van der Waals surface area (Å²) in [4.78, 5) is 51.1. The van der Waals surface area contributed by atoms with Crippen molar-refractivity contribution in [3.8, 4) is 6.07 Å². The smallest absolute Gasteiger partial charge is 0.479 e. The van der Waals surface area contributed by atoms with Crippen molar-refractivity contribution >= 4 is 41.9 Å². The van der Waals surface area contributed by atoms with Crippen LogP contribution < -0.4 is 0 Å². The van der Waals surface area contributed by atoms with E-state index in [1.165, 1.54) is 47.3 Å². The largest absolute Gasteiger partial charge is 0.512 e. The highest BCUT2D eigenvalue weighted by Gasteiger charge is 2.47. The van der Waals surface area contributed by atoms with Crippen LogP contribution in [0.4, 0.5) is 18.0 Å². The molecule has 3 aromatic rings. The summed E-state index contributed by atoms with van der Waals surface area (Å²) >= 11 is 1.20. The quantitative estimate of drug-likeness (QED) is 0.0859. The monoisotopic (exact) mass is 774 g/mol. The molecular formula is C35H33F3N4O11S. The first-order valence-electron chi connectivity index (χ1n) is 16.0. The van der Waals surface area contributed by atoms with Gasteiger partial charge < -0.3 is 33.5 Å². The van der Waals surface area contributed by atoms with E-state index in [-0.39, 0.29) is 36.4 Å². The summed E-state index contributed by atoms with van der Waals surface area (Å²) in [5.74, 6) is -5.82. The Labute approximate surface area is 310 Å². The van der Waals surface area contributed by atoms with Crippen LogP contribution in [0.2, 0.25) is 0 Å². The number of carbonyl (C=O) groups excluding carboxylic acids is 3. The summed E-state index contributed by atoms with van der Waals surface area (Å²) in [6, 6.07) is 8.69. The predicted octanol–water partition coefficient (Wildman–Crippen LogP) is 4.66. The summed E-state index contributed by atoms with van der Waals surface area (Å²) in [6.07, 6.45) is 5.60. The van der Waals surface area contributed by atoms with Crippen molar-refractivity contribution in [3.05, 3.63) is 101 Å². The molecule has 2 atom stereocenters. The molecule has 0 spiro atoms. The van der Waals surface area contributed by atoms with Crippen LogP contribution >= 0.6 is 11.8 Å². The second-order valence-electron chi connectivity index (χ2n) is 11.3. The van der Waals surface area contributed by atoms with Gasteiger partial charge in [0.05, 0.1) is 49.5 Å². The first-order valence-corrected chi connectivity index (χ1v) is 16.9. The molecule has 1 fully saturated rings. The molecule has 1 aromatic heterocycles. The zero-order valence-corrected chi connectivity index (χ0v) is 29.3. The van der Waals surface area contributed by atoms with Crippen LogP contribution in [0.3, 0.4) is 0 Å². The number of hydrogen-bond acceptors (Lipinski definition) is 14. The van der Waals surface area contributed by atoms with Gasteiger partial charge in [0, 0.05) is 22.4 Å². The number of carboxylic acids is 1. The van der Waals surface area contributed by atoms with Gasteiger partial charge in [-0.1, -0.05) is 24.3 Å². The number of allylic oxidation sites excluding steroid dienone is 2. The van der Waals surface area contributed by atoms with Gasteiger partial charge in [-0.15, -0.1) is 11.8 Å². The lowest BCUT2D eigenvalue weighted by Gasteiger charge is -2.40. The predicted molar refractivity (Wildman–Crippen MR) is 180 cm³/mol. The summed E-state index contributed by atoms with van der Waals surface area (Å²) in [5.41, 5.74) is -1.71. The van der Waals surface area contributed by atoms with Crippen molar-refractivity contribution < 1.29 is 65.9 Å². The fourth-order valence-corrected chi connectivity index (χ4v) is 6.30. The Morgan fingerprint density at radius 3 is 2.44 bits per heavy atom. The van der Waals surface area contributed by atoms with E-state index < -0.39 is 90.1 Å². The molecule has 2 aromatic carbocycles. The number of nitrogens with zero attached hydrogens (tertiary/aromatic N) is 4. The molecule has 1 aliphatic rings. The maximum absolute atomic E-state index is 15.6. The number of ether oxygens (including phenoxy) is 6. The highest BCUT2D eigenvalue weighted by atomic mass is 32.2. The third kappa shape index (κ3) is 12.2. The Bertz CT molecular complexity index is 1880. The summed E-state index contributed by atoms with van der Waals surface area (Å²) < 4.78 is 76.7. The van der Waals surface area contributed by atoms with E-state index >= 15 is 4.39 Å². The molecule has 19 heteroatoms. The standard InChI is InChI=1S/C35H33F3N4O11S/c1-22(54-26-15-49-33(50-16-26)5-3-2-4-24-7-6-23(14-39)12-28(24)37)35(18-42-20-40-19-41-42,27-9-8-25(36)13-29(27)38)53-34(47)52-21-51-32(46)11-10-31(45)48-17-30(43)44/h2-9,12-13,19-20,22,26,33H,10-11,15-18,21H2,1H3,(H,43,44)/b4-2+,5-3+/t22-,26?,33?,35-/m1/s1. The number of halogens is 3. The Morgan fingerprint density at radius 1 is 1.06 bits per heavy atom. The minimum absolute atomic E-state index is 0.132. The summed E-state index contributed by atoms with van der Waals surface area (Å²) in [7, 11) is 0. The van der Waals surface area contributed by atoms with Crippen molar-refractivity contribution in [2.24, 2.45) is 0 Å². The SMILES string of the molecule is C[C@@H](SC1COC(/C=C/C=C/c2ccc(C#N)cc2F)OC1)[C@@](Cn1cncn1)(OC(=O)OCOC(=O)CCC(=O)OCC(=O)O)c1ccc(F)cc1F. The number of thioether (sulfide) groups is 1. The maximum atomic E-state index is 15.6. The van der Waals surface area contributed by atoms with Gasteiger partial charge in [0.1, 0.15) is 30.1 Å². The molecule has 1 saturated heterocycles. The number of esters is 2. The third-order valence-corrected chi connectivity index (χ3v) is 8.98. The van der Waals surface area contributed by atoms with Crippen molar-refractivity contribution in [1.29, 1.82) is 5.26 Å². The average molecular weight is 775 g/mol. The molecule has 0 radical (unpaired) electrons. The maximum Gasteiger partial charge on any atom is 0.512 e. The van der Waals surface area contributed by atoms with Gasteiger partial charge in [-0.05, 0) is 37.3 Å². The normalized spacial score (nSPS) is 17.3. The molecule has 0 aliphatic carbocycles. The Balaban J connectivity index is 1.42. The summed E-state index contributed by atoms with van der Waals surface area (Å²) in [5, 5.41) is 20.3. The summed E-state index contributed by atoms with van der Waals surface area (Å²) in [6.45, 7) is -0.288. The molecule has 0 amide bonds. The van der Waals surface area contributed by atoms with E-state index in [9.17, 15) is 28.0 Å². The fraction of sp³-hybridized carbons (Fsp3) is 0.343. The molecule has 4 rings (SSSR count). The van der Waals surface area contributed by atoms with Crippen LogP contribution in [0, 0.1) is 28.8 Å². The van der Waals surface area contributed by atoms with Gasteiger partial charge in [0.25, 0.3) is 0 Å². The average Bonchev–Trinajstić information content (AvgIpc) is 3.65. The van der Waals surface area contributed by atoms with E-state index in [2.05, 4.69) is 14.8 Å². The number of aromatic nitrogens is 3. The number of aliphatic carboxylic acids is 1. The zero-order chi connectivity index (χ0) is 39.1. The molecule has 0 bridgehead atoms. The second-order valence-corrected chi connectivity index (χ2v) is 13.0. The molecule has 286 valence electrons.